The first-order chi connectivity index (χ1) is 15.0. The molecule has 0 aliphatic carbocycles. The van der Waals surface area contributed by atoms with Crippen LogP contribution in [0.3, 0.4) is 0 Å². The molecule has 8 heteroatoms. The van der Waals surface area contributed by atoms with Crippen molar-refractivity contribution in [2.45, 2.75) is 24.2 Å². The Kier molecular flexibility index (Phi) is 6.11. The van der Waals surface area contributed by atoms with E-state index in [1.54, 1.807) is 24.3 Å². The number of carbonyl (C=O) groups is 1. The van der Waals surface area contributed by atoms with Crippen LogP contribution in [0.4, 0.5) is 5.69 Å². The van der Waals surface area contributed by atoms with Crippen molar-refractivity contribution in [3.63, 3.8) is 0 Å². The topological polar surface area (TPSA) is 80.6 Å². The Morgan fingerprint density at radius 3 is 2.42 bits per heavy atom. The highest BCUT2D eigenvalue weighted by molar-refractivity contribution is 7.89. The summed E-state index contributed by atoms with van der Waals surface area (Å²) in [6, 6.07) is 15.6. The highest BCUT2D eigenvalue weighted by atomic mass is 32.2. The fourth-order valence-electron chi connectivity index (χ4n) is 3.71. The first-order valence-electron chi connectivity index (χ1n) is 10.2. The number of amides is 1. The number of hydrogen-bond donors (Lipinski definition) is 1. The number of carbonyl (C=O) groups excluding carboxylic acids is 1. The maximum absolute atomic E-state index is 13.0. The van der Waals surface area contributed by atoms with E-state index < -0.39 is 10.0 Å². The zero-order valence-corrected chi connectivity index (χ0v) is 18.1. The van der Waals surface area contributed by atoms with E-state index >= 15 is 0 Å². The maximum Gasteiger partial charge on any atom is 0.255 e. The molecule has 1 N–H and O–H groups in total. The largest absolute Gasteiger partial charge is 0.495 e. The molecule has 0 atom stereocenters. The second-order valence-electron chi connectivity index (χ2n) is 7.42. The molecule has 3 aromatic rings. The van der Waals surface area contributed by atoms with Crippen molar-refractivity contribution < 1.29 is 17.9 Å². The van der Waals surface area contributed by atoms with Gasteiger partial charge in [-0.15, -0.1) is 0 Å². The highest BCUT2D eigenvalue weighted by Crippen LogP contribution is 2.30. The quantitative estimate of drug-likeness (QED) is 0.631. The van der Waals surface area contributed by atoms with Crippen LogP contribution in [0.2, 0.25) is 0 Å². The summed E-state index contributed by atoms with van der Waals surface area (Å²) in [6.07, 6.45) is 6.55. The summed E-state index contributed by atoms with van der Waals surface area (Å²) in [5.74, 6) is 0.0485. The van der Waals surface area contributed by atoms with Crippen molar-refractivity contribution in [1.29, 1.82) is 0 Å². The molecule has 7 nitrogen and oxygen atoms in total. The third-order valence-electron chi connectivity index (χ3n) is 5.38. The minimum absolute atomic E-state index is 0.145. The van der Waals surface area contributed by atoms with E-state index in [4.69, 9.17) is 4.74 Å². The van der Waals surface area contributed by atoms with Crippen LogP contribution in [-0.4, -0.2) is 43.4 Å². The number of aromatic nitrogens is 1. The molecule has 0 spiro atoms. The normalized spacial score (nSPS) is 14.9. The van der Waals surface area contributed by atoms with E-state index in [2.05, 4.69) is 5.32 Å². The summed E-state index contributed by atoms with van der Waals surface area (Å²) in [6.45, 7) is 1.03. The van der Waals surface area contributed by atoms with E-state index in [1.165, 1.54) is 23.5 Å². The SMILES string of the molecule is COc1ccc(S(=O)(=O)N2CCCCC2)cc1NC(=O)c1cccc(-n2cccc2)c1. The fraction of sp³-hybridized carbons (Fsp3) is 0.261. The Balaban J connectivity index is 1.61. The number of hydrogen-bond acceptors (Lipinski definition) is 4. The molecule has 2 heterocycles. The molecule has 1 amide bonds. The third-order valence-corrected chi connectivity index (χ3v) is 7.28. The molecule has 4 rings (SSSR count). The van der Waals surface area contributed by atoms with Crippen molar-refractivity contribution in [1.82, 2.24) is 8.87 Å². The minimum Gasteiger partial charge on any atom is -0.495 e. The van der Waals surface area contributed by atoms with Crippen LogP contribution >= 0.6 is 0 Å². The molecule has 0 unspecified atom stereocenters. The predicted molar refractivity (Wildman–Crippen MR) is 119 cm³/mol. The number of rotatable bonds is 6. The molecule has 1 fully saturated rings. The Morgan fingerprint density at radius 2 is 1.71 bits per heavy atom. The zero-order valence-electron chi connectivity index (χ0n) is 17.3. The Bertz CT molecular complexity index is 1170. The van der Waals surface area contributed by atoms with Gasteiger partial charge in [0.2, 0.25) is 10.0 Å². The molecule has 0 saturated carbocycles. The van der Waals surface area contributed by atoms with E-state index in [-0.39, 0.29) is 10.8 Å². The molecule has 162 valence electrons. The van der Waals surface area contributed by atoms with Gasteiger partial charge in [0.15, 0.2) is 0 Å². The van der Waals surface area contributed by atoms with Crippen molar-refractivity contribution in [2.24, 2.45) is 0 Å². The number of nitrogens with zero attached hydrogens (tertiary/aromatic N) is 2. The summed E-state index contributed by atoms with van der Waals surface area (Å²) in [5.41, 5.74) is 1.63. The van der Waals surface area contributed by atoms with Gasteiger partial charge in [0.05, 0.1) is 17.7 Å². The van der Waals surface area contributed by atoms with Gasteiger partial charge in [-0.3, -0.25) is 4.79 Å². The van der Waals surface area contributed by atoms with Gasteiger partial charge in [0, 0.05) is 36.7 Å². The summed E-state index contributed by atoms with van der Waals surface area (Å²) in [4.78, 5) is 13.1. The lowest BCUT2D eigenvalue weighted by Gasteiger charge is -2.26. The standard InChI is InChI=1S/C23H25N3O4S/c1-30-22-11-10-20(31(28,29)26-14-3-2-4-15-26)17-21(22)24-23(27)18-8-7-9-19(16-18)25-12-5-6-13-25/h5-13,16-17H,2-4,14-15H2,1H3,(H,24,27). The molecule has 1 aliphatic rings. The average molecular weight is 440 g/mol. The average Bonchev–Trinajstić information content (AvgIpc) is 3.35. The van der Waals surface area contributed by atoms with Crippen molar-refractivity contribution in [2.75, 3.05) is 25.5 Å². The van der Waals surface area contributed by atoms with E-state index in [9.17, 15) is 13.2 Å². The summed E-state index contributed by atoms with van der Waals surface area (Å²) in [5, 5.41) is 2.81. The van der Waals surface area contributed by atoms with E-state index in [1.807, 2.05) is 35.2 Å². The van der Waals surface area contributed by atoms with Crippen molar-refractivity contribution in [3.8, 4) is 11.4 Å². The van der Waals surface area contributed by atoms with Crippen LogP contribution in [0.5, 0.6) is 5.75 Å². The first-order valence-corrected chi connectivity index (χ1v) is 11.7. The smallest absolute Gasteiger partial charge is 0.255 e. The Hall–Kier alpha value is -3.10. The molecule has 1 saturated heterocycles. The molecule has 1 aromatic heterocycles. The maximum atomic E-state index is 13.0. The van der Waals surface area contributed by atoms with Crippen LogP contribution in [0, 0.1) is 0 Å². The number of methoxy groups -OCH3 is 1. The Labute approximate surface area is 182 Å². The van der Waals surface area contributed by atoms with Gasteiger partial charge in [-0.05, 0) is 61.4 Å². The highest BCUT2D eigenvalue weighted by Gasteiger charge is 2.27. The molecule has 2 aromatic carbocycles. The van der Waals surface area contributed by atoms with Gasteiger partial charge in [-0.25, -0.2) is 8.42 Å². The number of benzene rings is 2. The van der Waals surface area contributed by atoms with Gasteiger partial charge in [0.25, 0.3) is 5.91 Å². The second kappa shape index (κ2) is 8.95. The van der Waals surface area contributed by atoms with Gasteiger partial charge in [-0.2, -0.15) is 4.31 Å². The summed E-state index contributed by atoms with van der Waals surface area (Å²) in [7, 11) is -2.14. The van der Waals surface area contributed by atoms with Crippen molar-refractivity contribution in [3.05, 3.63) is 72.6 Å². The summed E-state index contributed by atoms with van der Waals surface area (Å²) < 4.78 is 34.8. The van der Waals surface area contributed by atoms with Crippen LogP contribution in [0.15, 0.2) is 71.9 Å². The molecule has 0 radical (unpaired) electrons. The monoisotopic (exact) mass is 439 g/mol. The number of piperidine rings is 1. The van der Waals surface area contributed by atoms with Crippen molar-refractivity contribution >= 4 is 21.6 Å². The second-order valence-corrected chi connectivity index (χ2v) is 9.36. The first kappa shape index (κ1) is 21.1. The van der Waals surface area contributed by atoms with Gasteiger partial charge >= 0.3 is 0 Å². The molecule has 0 bridgehead atoms. The predicted octanol–water partition coefficient (Wildman–Crippen LogP) is 3.91. The van der Waals surface area contributed by atoms with E-state index in [0.717, 1.165) is 24.9 Å². The van der Waals surface area contributed by atoms with Gasteiger partial charge < -0.3 is 14.6 Å². The zero-order chi connectivity index (χ0) is 21.8. The lowest BCUT2D eigenvalue weighted by atomic mass is 10.1. The fourth-order valence-corrected chi connectivity index (χ4v) is 5.25. The molecular formula is C23H25N3O4S. The third kappa shape index (κ3) is 4.50. The number of anilines is 1. The van der Waals surface area contributed by atoms with Crippen LogP contribution in [0.25, 0.3) is 5.69 Å². The minimum atomic E-state index is -3.62. The van der Waals surface area contributed by atoms with Gasteiger partial charge in [-0.1, -0.05) is 12.5 Å². The van der Waals surface area contributed by atoms with Crippen LogP contribution in [0.1, 0.15) is 29.6 Å². The lowest BCUT2D eigenvalue weighted by molar-refractivity contribution is 0.102. The van der Waals surface area contributed by atoms with Crippen LogP contribution < -0.4 is 10.1 Å². The molecular weight excluding hydrogens is 414 g/mol. The van der Waals surface area contributed by atoms with Gasteiger partial charge in [0.1, 0.15) is 5.75 Å². The van der Waals surface area contributed by atoms with Crippen LogP contribution in [-0.2, 0) is 10.0 Å². The number of sulfonamides is 1. The number of ether oxygens (including phenoxy) is 1. The van der Waals surface area contributed by atoms with E-state index in [0.29, 0.717) is 30.1 Å². The summed E-state index contributed by atoms with van der Waals surface area (Å²) >= 11 is 0. The molecule has 31 heavy (non-hydrogen) atoms. The Morgan fingerprint density at radius 1 is 0.968 bits per heavy atom. The number of nitrogens with one attached hydrogen (secondary N) is 1. The lowest BCUT2D eigenvalue weighted by Crippen LogP contribution is -2.35. The molecule has 1 aliphatic heterocycles.